The van der Waals surface area contributed by atoms with Crippen LogP contribution >= 0.6 is 0 Å². The lowest BCUT2D eigenvalue weighted by molar-refractivity contribution is -0.115. The van der Waals surface area contributed by atoms with Crippen LogP contribution in [-0.4, -0.2) is 31.1 Å². The van der Waals surface area contributed by atoms with E-state index in [0.29, 0.717) is 17.8 Å². The topological polar surface area (TPSA) is 67.4 Å². The zero-order valence-corrected chi connectivity index (χ0v) is 15.9. The van der Waals surface area contributed by atoms with Crippen LogP contribution in [0.2, 0.25) is 0 Å². The summed E-state index contributed by atoms with van der Waals surface area (Å²) >= 11 is 0. The van der Waals surface area contributed by atoms with Gasteiger partial charge >= 0.3 is 0 Å². The minimum absolute atomic E-state index is 0.0838. The van der Waals surface area contributed by atoms with Crippen molar-refractivity contribution in [1.82, 2.24) is 5.32 Å². The van der Waals surface area contributed by atoms with Crippen molar-refractivity contribution in [3.8, 4) is 0 Å². The molecular weight excluding hydrogens is 340 g/mol. The third-order valence-electron chi connectivity index (χ3n) is 4.90. The van der Waals surface area contributed by atoms with Crippen LogP contribution in [0.1, 0.15) is 39.9 Å². The maximum Gasteiger partial charge on any atom is 0.253 e. The maximum atomic E-state index is 12.5. The second-order valence-electron chi connectivity index (χ2n) is 7.03. The highest BCUT2D eigenvalue weighted by Crippen LogP contribution is 2.17. The van der Waals surface area contributed by atoms with Gasteiger partial charge in [0.2, 0.25) is 5.91 Å². The molecule has 27 heavy (non-hydrogen) atoms. The van der Waals surface area contributed by atoms with Gasteiger partial charge in [-0.05, 0) is 55.5 Å². The fourth-order valence-electron chi connectivity index (χ4n) is 3.19. The van der Waals surface area contributed by atoms with Gasteiger partial charge in [0.1, 0.15) is 0 Å². The van der Waals surface area contributed by atoms with E-state index in [-0.39, 0.29) is 24.3 Å². The molecule has 0 aliphatic carbocycles. The lowest BCUT2D eigenvalue weighted by Crippen LogP contribution is -2.32. The second-order valence-corrected chi connectivity index (χ2v) is 7.03. The number of carbonyl (C=O) groups is 2. The normalized spacial score (nSPS) is 16.1. The third kappa shape index (κ3) is 5.17. The van der Waals surface area contributed by atoms with Gasteiger partial charge in [-0.25, -0.2) is 0 Å². The number of anilines is 1. The molecule has 0 aromatic heterocycles. The second kappa shape index (κ2) is 8.82. The molecule has 1 atom stereocenters. The molecule has 0 spiro atoms. The highest BCUT2D eigenvalue weighted by atomic mass is 16.5. The Labute approximate surface area is 160 Å². The first-order valence-electron chi connectivity index (χ1n) is 9.38. The van der Waals surface area contributed by atoms with Gasteiger partial charge in [-0.1, -0.05) is 30.3 Å². The summed E-state index contributed by atoms with van der Waals surface area (Å²) in [6, 6.07) is 13.1. The Morgan fingerprint density at radius 1 is 1.11 bits per heavy atom. The molecule has 1 saturated heterocycles. The zero-order chi connectivity index (χ0) is 19.2. The van der Waals surface area contributed by atoms with E-state index >= 15 is 0 Å². The number of benzene rings is 2. The van der Waals surface area contributed by atoms with Crippen LogP contribution in [0.3, 0.4) is 0 Å². The molecule has 2 aromatic rings. The highest BCUT2D eigenvalue weighted by molar-refractivity contribution is 6.04. The Bertz CT molecular complexity index is 826. The van der Waals surface area contributed by atoms with Crippen molar-refractivity contribution >= 4 is 17.5 Å². The van der Waals surface area contributed by atoms with E-state index in [1.54, 1.807) is 18.2 Å². The van der Waals surface area contributed by atoms with Crippen molar-refractivity contribution in [3.63, 3.8) is 0 Å². The largest absolute Gasteiger partial charge is 0.376 e. The molecule has 5 heteroatoms. The maximum absolute atomic E-state index is 12.5. The van der Waals surface area contributed by atoms with Crippen LogP contribution < -0.4 is 10.6 Å². The molecule has 1 aliphatic heterocycles. The van der Waals surface area contributed by atoms with Gasteiger partial charge in [0.25, 0.3) is 5.91 Å². The van der Waals surface area contributed by atoms with Crippen LogP contribution in [0.4, 0.5) is 5.69 Å². The number of hydrogen-bond acceptors (Lipinski definition) is 3. The van der Waals surface area contributed by atoms with Gasteiger partial charge in [0, 0.05) is 13.2 Å². The smallest absolute Gasteiger partial charge is 0.253 e. The number of hydrogen-bond donors (Lipinski definition) is 2. The number of amides is 2. The first-order chi connectivity index (χ1) is 13.0. The quantitative estimate of drug-likeness (QED) is 0.823. The van der Waals surface area contributed by atoms with Gasteiger partial charge in [0.05, 0.1) is 23.8 Å². The van der Waals surface area contributed by atoms with Crippen molar-refractivity contribution in [2.24, 2.45) is 0 Å². The number of carbonyl (C=O) groups excluding carboxylic acids is 2. The number of nitrogens with one attached hydrogen (secondary N) is 2. The van der Waals surface area contributed by atoms with Gasteiger partial charge in [-0.2, -0.15) is 0 Å². The van der Waals surface area contributed by atoms with Gasteiger partial charge < -0.3 is 15.4 Å². The van der Waals surface area contributed by atoms with E-state index < -0.39 is 0 Å². The van der Waals surface area contributed by atoms with E-state index in [2.05, 4.69) is 10.6 Å². The SMILES string of the molecule is Cc1ccc(CC(=O)Nc2ccccc2C(=O)NC[C@@H]2CCCO2)cc1C. The molecule has 2 N–H and O–H groups in total. The van der Waals surface area contributed by atoms with Gasteiger partial charge in [0.15, 0.2) is 0 Å². The predicted molar refractivity (Wildman–Crippen MR) is 106 cm³/mol. The Kier molecular flexibility index (Phi) is 6.24. The monoisotopic (exact) mass is 366 g/mol. The lowest BCUT2D eigenvalue weighted by atomic mass is 10.0. The van der Waals surface area contributed by atoms with Crippen molar-refractivity contribution in [3.05, 3.63) is 64.7 Å². The number of ether oxygens (including phenoxy) is 1. The Hall–Kier alpha value is -2.66. The van der Waals surface area contributed by atoms with Crippen LogP contribution in [0.25, 0.3) is 0 Å². The molecule has 142 valence electrons. The molecule has 5 nitrogen and oxygen atoms in total. The summed E-state index contributed by atoms with van der Waals surface area (Å²) < 4.78 is 5.53. The average Bonchev–Trinajstić information content (AvgIpc) is 3.17. The molecule has 3 rings (SSSR count). The highest BCUT2D eigenvalue weighted by Gasteiger charge is 2.18. The Morgan fingerprint density at radius 3 is 2.67 bits per heavy atom. The van der Waals surface area contributed by atoms with E-state index in [1.807, 2.05) is 38.1 Å². The van der Waals surface area contributed by atoms with E-state index in [9.17, 15) is 9.59 Å². The van der Waals surface area contributed by atoms with Crippen LogP contribution in [0.5, 0.6) is 0 Å². The fraction of sp³-hybridized carbons (Fsp3) is 0.364. The summed E-state index contributed by atoms with van der Waals surface area (Å²) in [5, 5.41) is 5.77. The minimum Gasteiger partial charge on any atom is -0.376 e. The van der Waals surface area contributed by atoms with E-state index in [4.69, 9.17) is 4.74 Å². The van der Waals surface area contributed by atoms with E-state index in [1.165, 1.54) is 5.56 Å². The van der Waals surface area contributed by atoms with E-state index in [0.717, 1.165) is 30.6 Å². The summed E-state index contributed by atoms with van der Waals surface area (Å²) in [7, 11) is 0. The van der Waals surface area contributed by atoms with Crippen LogP contribution in [0.15, 0.2) is 42.5 Å². The summed E-state index contributed by atoms with van der Waals surface area (Å²) in [5.41, 5.74) is 4.30. The van der Waals surface area contributed by atoms with Gasteiger partial charge in [-0.3, -0.25) is 9.59 Å². The first kappa shape index (κ1) is 19.1. The molecule has 0 saturated carbocycles. The average molecular weight is 366 g/mol. The molecule has 0 bridgehead atoms. The summed E-state index contributed by atoms with van der Waals surface area (Å²) in [6.07, 6.45) is 2.35. The molecule has 1 heterocycles. The fourth-order valence-corrected chi connectivity index (χ4v) is 3.19. The zero-order valence-electron chi connectivity index (χ0n) is 15.9. The Morgan fingerprint density at radius 2 is 1.93 bits per heavy atom. The summed E-state index contributed by atoms with van der Waals surface area (Å²) in [6.45, 7) is 5.32. The van der Waals surface area contributed by atoms with Gasteiger partial charge in [-0.15, -0.1) is 0 Å². The van der Waals surface area contributed by atoms with Crippen LogP contribution in [0, 0.1) is 13.8 Å². The molecule has 2 aromatic carbocycles. The van der Waals surface area contributed by atoms with Crippen molar-refractivity contribution in [2.75, 3.05) is 18.5 Å². The molecule has 0 unspecified atom stereocenters. The van der Waals surface area contributed by atoms with Crippen molar-refractivity contribution < 1.29 is 14.3 Å². The molecule has 2 amide bonds. The molecule has 0 radical (unpaired) electrons. The third-order valence-corrected chi connectivity index (χ3v) is 4.90. The molecular formula is C22H26N2O3. The standard InChI is InChI=1S/C22H26N2O3/c1-15-9-10-17(12-16(15)2)13-21(25)24-20-8-4-3-7-19(20)22(26)23-14-18-6-5-11-27-18/h3-4,7-10,12,18H,5-6,11,13-14H2,1-2H3,(H,23,26)(H,24,25)/t18-/m0/s1. The van der Waals surface area contributed by atoms with Crippen molar-refractivity contribution in [1.29, 1.82) is 0 Å². The summed E-state index contributed by atoms with van der Waals surface area (Å²) in [4.78, 5) is 25.0. The van der Waals surface area contributed by atoms with Crippen LogP contribution in [-0.2, 0) is 16.0 Å². The predicted octanol–water partition coefficient (Wildman–Crippen LogP) is 3.39. The number of rotatable bonds is 6. The summed E-state index contributed by atoms with van der Waals surface area (Å²) in [5.74, 6) is -0.342. The first-order valence-corrected chi connectivity index (χ1v) is 9.38. The lowest BCUT2D eigenvalue weighted by Gasteiger charge is -2.14. The Balaban J connectivity index is 1.63. The van der Waals surface area contributed by atoms with Crippen molar-refractivity contribution in [2.45, 2.75) is 39.2 Å². The number of aryl methyl sites for hydroxylation is 2. The molecule has 1 fully saturated rings. The molecule has 1 aliphatic rings. The number of para-hydroxylation sites is 1. The minimum atomic E-state index is -0.201.